The molecule has 0 aromatic carbocycles. The Kier molecular flexibility index (Phi) is 5.55. The molecule has 0 fully saturated rings. The van der Waals surface area contributed by atoms with Gasteiger partial charge in [-0.1, -0.05) is 0 Å². The van der Waals surface area contributed by atoms with E-state index in [0.29, 0.717) is 13.2 Å². The largest absolute Gasteiger partial charge is 0.478 e. The lowest BCUT2D eigenvalue weighted by molar-refractivity contribution is -0.119. The second kappa shape index (κ2) is 7.17. The maximum absolute atomic E-state index is 11.4. The van der Waals surface area contributed by atoms with Gasteiger partial charge < -0.3 is 26.2 Å². The van der Waals surface area contributed by atoms with Gasteiger partial charge in [0.15, 0.2) is 0 Å². The summed E-state index contributed by atoms with van der Waals surface area (Å²) in [4.78, 5) is 26.2. The van der Waals surface area contributed by atoms with Crippen molar-refractivity contribution in [3.8, 4) is 0 Å². The minimum atomic E-state index is -1.16. The molecule has 104 valence electrons. The van der Waals surface area contributed by atoms with Gasteiger partial charge in [-0.2, -0.15) is 0 Å². The summed E-state index contributed by atoms with van der Waals surface area (Å²) in [7, 11) is 1.53. The van der Waals surface area contributed by atoms with E-state index in [-0.39, 0.29) is 29.5 Å². The number of pyridine rings is 1. The predicted octanol–water partition coefficient (Wildman–Crippen LogP) is -0.463. The van der Waals surface area contributed by atoms with Crippen LogP contribution in [0.15, 0.2) is 12.3 Å². The summed E-state index contributed by atoms with van der Waals surface area (Å²) in [6, 6.07) is 1.28. The maximum Gasteiger partial charge on any atom is 0.339 e. The number of hydrogen-bond donors (Lipinski definition) is 4. The average Bonchev–Trinajstić information content (AvgIpc) is 2.37. The molecule has 0 spiro atoms. The molecule has 8 nitrogen and oxygen atoms in total. The zero-order valence-electron chi connectivity index (χ0n) is 10.5. The zero-order valence-corrected chi connectivity index (χ0v) is 10.5. The maximum atomic E-state index is 11.4. The molecule has 0 saturated carbocycles. The molecule has 5 N–H and O–H groups in total. The summed E-state index contributed by atoms with van der Waals surface area (Å²) in [5, 5.41) is 14.2. The van der Waals surface area contributed by atoms with Crippen molar-refractivity contribution in [3.63, 3.8) is 0 Å². The van der Waals surface area contributed by atoms with Gasteiger partial charge in [0, 0.05) is 13.7 Å². The molecular formula is C11H16N4O4. The normalized spacial score (nSPS) is 9.95. The topological polar surface area (TPSA) is 127 Å². The summed E-state index contributed by atoms with van der Waals surface area (Å²) >= 11 is 0. The van der Waals surface area contributed by atoms with Crippen molar-refractivity contribution in [2.75, 3.05) is 37.9 Å². The number of methoxy groups -OCH3 is 1. The number of amides is 1. The van der Waals surface area contributed by atoms with E-state index in [9.17, 15) is 9.59 Å². The molecule has 8 heteroatoms. The number of nitrogens with two attached hydrogens (primary N) is 1. The SMILES string of the molecule is COCCNC(=O)CNc1ncc(N)cc1C(=O)O. The highest BCUT2D eigenvalue weighted by Gasteiger charge is 2.12. The monoisotopic (exact) mass is 268 g/mol. The Bertz CT molecular complexity index is 464. The second-order valence-electron chi connectivity index (χ2n) is 3.67. The number of aromatic carboxylic acids is 1. The Hall–Kier alpha value is -2.35. The van der Waals surface area contributed by atoms with Gasteiger partial charge in [0.1, 0.15) is 11.4 Å². The predicted molar refractivity (Wildman–Crippen MR) is 69.0 cm³/mol. The van der Waals surface area contributed by atoms with E-state index in [1.807, 2.05) is 0 Å². The minimum absolute atomic E-state index is 0.0790. The first-order chi connectivity index (χ1) is 9.04. The summed E-state index contributed by atoms with van der Waals surface area (Å²) in [5.41, 5.74) is 5.62. The van der Waals surface area contributed by atoms with Crippen LogP contribution >= 0.6 is 0 Å². The fraction of sp³-hybridized carbons (Fsp3) is 0.364. The number of carbonyl (C=O) groups is 2. The third-order valence-corrected chi connectivity index (χ3v) is 2.18. The van der Waals surface area contributed by atoms with E-state index in [0.717, 1.165) is 0 Å². The summed E-state index contributed by atoms with van der Waals surface area (Å²) in [6.07, 6.45) is 1.32. The van der Waals surface area contributed by atoms with Gasteiger partial charge in [0.25, 0.3) is 0 Å². The third-order valence-electron chi connectivity index (χ3n) is 2.18. The number of ether oxygens (including phenoxy) is 1. The molecule has 1 aromatic heterocycles. The number of hydrogen-bond acceptors (Lipinski definition) is 6. The van der Waals surface area contributed by atoms with Gasteiger partial charge in [0.2, 0.25) is 5.91 Å². The molecule has 1 rings (SSSR count). The second-order valence-corrected chi connectivity index (χ2v) is 3.67. The van der Waals surface area contributed by atoms with Crippen molar-refractivity contribution < 1.29 is 19.4 Å². The molecule has 0 saturated heterocycles. The van der Waals surface area contributed by atoms with Crippen LogP contribution in [0.4, 0.5) is 11.5 Å². The van der Waals surface area contributed by atoms with Crippen molar-refractivity contribution in [1.82, 2.24) is 10.3 Å². The van der Waals surface area contributed by atoms with Crippen molar-refractivity contribution in [3.05, 3.63) is 17.8 Å². The summed E-state index contributed by atoms with van der Waals surface area (Å²) in [6.45, 7) is 0.713. The number of nitrogens with one attached hydrogen (secondary N) is 2. The smallest absolute Gasteiger partial charge is 0.339 e. The lowest BCUT2D eigenvalue weighted by atomic mass is 10.2. The zero-order chi connectivity index (χ0) is 14.3. The lowest BCUT2D eigenvalue weighted by Crippen LogP contribution is -2.32. The Morgan fingerprint density at radius 3 is 2.89 bits per heavy atom. The fourth-order valence-electron chi connectivity index (χ4n) is 1.30. The van der Waals surface area contributed by atoms with Gasteiger partial charge in [0.05, 0.1) is 25.0 Å². The molecule has 0 aliphatic rings. The Morgan fingerprint density at radius 1 is 1.53 bits per heavy atom. The molecular weight excluding hydrogens is 252 g/mol. The van der Waals surface area contributed by atoms with Crippen LogP contribution in [0, 0.1) is 0 Å². The standard InChI is InChI=1S/C11H16N4O4/c1-19-3-2-13-9(16)6-15-10-8(11(17)18)4-7(12)5-14-10/h4-5H,2-3,6,12H2,1H3,(H,13,16)(H,14,15)(H,17,18). The van der Waals surface area contributed by atoms with Crippen molar-refractivity contribution in [1.29, 1.82) is 0 Å². The Balaban J connectivity index is 2.57. The van der Waals surface area contributed by atoms with Crippen LogP contribution in [0.2, 0.25) is 0 Å². The number of nitrogen functional groups attached to an aromatic ring is 1. The molecule has 0 aliphatic carbocycles. The number of nitrogens with zero attached hydrogens (tertiary/aromatic N) is 1. The lowest BCUT2D eigenvalue weighted by Gasteiger charge is -2.09. The molecule has 0 aliphatic heterocycles. The highest BCUT2D eigenvalue weighted by atomic mass is 16.5. The van der Waals surface area contributed by atoms with E-state index in [1.54, 1.807) is 0 Å². The van der Waals surface area contributed by atoms with Crippen LogP contribution in [-0.4, -0.2) is 48.8 Å². The minimum Gasteiger partial charge on any atom is -0.478 e. The van der Waals surface area contributed by atoms with Crippen molar-refractivity contribution in [2.45, 2.75) is 0 Å². The summed E-state index contributed by atoms with van der Waals surface area (Å²) < 4.78 is 4.78. The first-order valence-corrected chi connectivity index (χ1v) is 5.53. The molecule has 1 amide bonds. The number of carbonyl (C=O) groups excluding carboxylic acids is 1. The average molecular weight is 268 g/mol. The molecule has 0 unspecified atom stereocenters. The van der Waals surface area contributed by atoms with Gasteiger partial charge in [-0.25, -0.2) is 9.78 Å². The number of carboxylic acid groups (broad SMARTS) is 1. The number of carboxylic acids is 1. The van der Waals surface area contributed by atoms with Crippen LogP contribution in [0.25, 0.3) is 0 Å². The number of rotatable bonds is 7. The van der Waals surface area contributed by atoms with E-state index in [4.69, 9.17) is 15.6 Å². The Labute approximate surface area is 110 Å². The first kappa shape index (κ1) is 14.7. The molecule has 1 heterocycles. The molecule has 0 bridgehead atoms. The van der Waals surface area contributed by atoms with Crippen LogP contribution in [-0.2, 0) is 9.53 Å². The van der Waals surface area contributed by atoms with Gasteiger partial charge in [-0.05, 0) is 6.07 Å². The summed E-state index contributed by atoms with van der Waals surface area (Å²) in [5.74, 6) is -1.35. The highest BCUT2D eigenvalue weighted by molar-refractivity contribution is 5.94. The van der Waals surface area contributed by atoms with Crippen LogP contribution in [0.3, 0.4) is 0 Å². The van der Waals surface area contributed by atoms with Gasteiger partial charge >= 0.3 is 5.97 Å². The van der Waals surface area contributed by atoms with Crippen LogP contribution < -0.4 is 16.4 Å². The van der Waals surface area contributed by atoms with E-state index in [1.165, 1.54) is 19.4 Å². The van der Waals surface area contributed by atoms with Gasteiger partial charge in [-0.3, -0.25) is 4.79 Å². The van der Waals surface area contributed by atoms with Crippen molar-refractivity contribution >= 4 is 23.4 Å². The Morgan fingerprint density at radius 2 is 2.26 bits per heavy atom. The van der Waals surface area contributed by atoms with E-state index < -0.39 is 5.97 Å². The van der Waals surface area contributed by atoms with E-state index >= 15 is 0 Å². The van der Waals surface area contributed by atoms with Crippen molar-refractivity contribution in [2.24, 2.45) is 0 Å². The van der Waals surface area contributed by atoms with E-state index in [2.05, 4.69) is 15.6 Å². The highest BCUT2D eigenvalue weighted by Crippen LogP contribution is 2.14. The van der Waals surface area contributed by atoms with Crippen LogP contribution in [0.1, 0.15) is 10.4 Å². The van der Waals surface area contributed by atoms with Gasteiger partial charge in [-0.15, -0.1) is 0 Å². The third kappa shape index (κ3) is 4.80. The number of aromatic nitrogens is 1. The quantitative estimate of drug-likeness (QED) is 0.493. The first-order valence-electron chi connectivity index (χ1n) is 5.53. The van der Waals surface area contributed by atoms with Crippen LogP contribution in [0.5, 0.6) is 0 Å². The molecule has 0 radical (unpaired) electrons. The molecule has 0 atom stereocenters. The number of anilines is 2. The molecule has 1 aromatic rings. The molecule has 19 heavy (non-hydrogen) atoms. The fourth-order valence-corrected chi connectivity index (χ4v) is 1.30.